The summed E-state index contributed by atoms with van der Waals surface area (Å²) in [6.45, 7) is 3.08. The first kappa shape index (κ1) is 22.4. The third-order valence-electron chi connectivity index (χ3n) is 5.79. The normalized spacial score (nSPS) is 15.7. The van der Waals surface area contributed by atoms with E-state index in [4.69, 9.17) is 21.1 Å². The van der Waals surface area contributed by atoms with Crippen LogP contribution in [-0.4, -0.2) is 34.6 Å². The van der Waals surface area contributed by atoms with E-state index in [2.05, 4.69) is 25.6 Å². The maximum absolute atomic E-state index is 6.50. The highest BCUT2D eigenvalue weighted by Crippen LogP contribution is 2.34. The van der Waals surface area contributed by atoms with Crippen molar-refractivity contribution in [2.24, 2.45) is 5.92 Å². The first-order valence-corrected chi connectivity index (χ1v) is 11.8. The summed E-state index contributed by atoms with van der Waals surface area (Å²) in [5, 5.41) is 8.16. The van der Waals surface area contributed by atoms with Gasteiger partial charge < -0.3 is 20.1 Å². The molecule has 8 heteroatoms. The average molecular weight is 476 g/mol. The van der Waals surface area contributed by atoms with Crippen LogP contribution >= 0.6 is 11.6 Å². The molecule has 0 spiro atoms. The highest BCUT2D eigenvalue weighted by Gasteiger charge is 2.16. The van der Waals surface area contributed by atoms with Crippen LogP contribution in [0.3, 0.4) is 0 Å². The Morgan fingerprint density at radius 3 is 2.79 bits per heavy atom. The molecule has 0 unspecified atom stereocenters. The van der Waals surface area contributed by atoms with Crippen molar-refractivity contribution >= 4 is 34.0 Å². The van der Waals surface area contributed by atoms with Crippen molar-refractivity contribution in [3.63, 3.8) is 0 Å². The second-order valence-electron chi connectivity index (χ2n) is 8.28. The number of ether oxygens (including phenoxy) is 2. The van der Waals surface area contributed by atoms with Crippen LogP contribution < -0.4 is 20.1 Å². The van der Waals surface area contributed by atoms with Crippen molar-refractivity contribution < 1.29 is 9.47 Å². The second-order valence-corrected chi connectivity index (χ2v) is 8.68. The molecule has 1 saturated heterocycles. The molecule has 5 rings (SSSR count). The monoisotopic (exact) mass is 475 g/mol. The van der Waals surface area contributed by atoms with Crippen LogP contribution in [0.25, 0.3) is 10.9 Å². The Labute approximate surface area is 203 Å². The molecule has 0 amide bonds. The third-order valence-corrected chi connectivity index (χ3v) is 6.09. The Morgan fingerprint density at radius 2 is 1.97 bits per heavy atom. The van der Waals surface area contributed by atoms with E-state index >= 15 is 0 Å². The largest absolute Gasteiger partial charge is 0.492 e. The van der Waals surface area contributed by atoms with Crippen LogP contribution in [0, 0.1) is 5.92 Å². The van der Waals surface area contributed by atoms with Crippen molar-refractivity contribution in [1.29, 1.82) is 0 Å². The molecule has 1 fully saturated rings. The topological polar surface area (TPSA) is 81.2 Å². The lowest BCUT2D eigenvalue weighted by Gasteiger charge is -2.23. The van der Waals surface area contributed by atoms with Gasteiger partial charge in [0, 0.05) is 24.3 Å². The van der Waals surface area contributed by atoms with E-state index in [-0.39, 0.29) is 0 Å². The van der Waals surface area contributed by atoms with E-state index in [0.29, 0.717) is 35.7 Å². The van der Waals surface area contributed by atoms with Gasteiger partial charge >= 0.3 is 0 Å². The van der Waals surface area contributed by atoms with Gasteiger partial charge in [-0.3, -0.25) is 4.98 Å². The van der Waals surface area contributed by atoms with E-state index in [1.807, 2.05) is 54.6 Å². The molecule has 1 aliphatic heterocycles. The van der Waals surface area contributed by atoms with Gasteiger partial charge in [0.05, 0.1) is 28.2 Å². The minimum atomic E-state index is 0.348. The molecule has 1 atom stereocenters. The number of rotatable bonds is 8. The third kappa shape index (κ3) is 5.38. The zero-order valence-electron chi connectivity index (χ0n) is 18.7. The molecule has 7 nitrogen and oxygen atoms in total. The molecule has 2 aromatic carbocycles. The van der Waals surface area contributed by atoms with Gasteiger partial charge in [0.2, 0.25) is 0 Å². The number of fused-ring (bicyclic) bond motifs is 1. The number of aromatic nitrogens is 3. The maximum atomic E-state index is 6.50. The Kier molecular flexibility index (Phi) is 7.02. The van der Waals surface area contributed by atoms with Crippen LogP contribution in [0.4, 0.5) is 11.5 Å². The number of nitrogens with one attached hydrogen (secondary N) is 2. The minimum absolute atomic E-state index is 0.348. The van der Waals surface area contributed by atoms with Crippen LogP contribution in [0.15, 0.2) is 67.1 Å². The molecule has 3 heterocycles. The summed E-state index contributed by atoms with van der Waals surface area (Å²) in [6.07, 6.45) is 5.64. The predicted octanol–water partition coefficient (Wildman–Crippen LogP) is 5.38. The zero-order valence-corrected chi connectivity index (χ0v) is 19.5. The van der Waals surface area contributed by atoms with E-state index < -0.39 is 0 Å². The number of piperidine rings is 1. The first-order valence-electron chi connectivity index (χ1n) is 11.4. The summed E-state index contributed by atoms with van der Waals surface area (Å²) in [4.78, 5) is 13.2. The summed E-state index contributed by atoms with van der Waals surface area (Å²) in [6, 6.07) is 17.2. The molecule has 34 heavy (non-hydrogen) atoms. The highest BCUT2D eigenvalue weighted by molar-refractivity contribution is 6.32. The number of benzene rings is 2. The number of nitrogens with zero attached hydrogens (tertiary/aromatic N) is 3. The number of hydrogen-bond donors (Lipinski definition) is 2. The molecule has 0 saturated carbocycles. The Balaban J connectivity index is 1.33. The van der Waals surface area contributed by atoms with Gasteiger partial charge in [-0.1, -0.05) is 23.7 Å². The van der Waals surface area contributed by atoms with Gasteiger partial charge in [-0.25, -0.2) is 9.97 Å². The zero-order chi connectivity index (χ0) is 23.2. The lowest BCUT2D eigenvalue weighted by atomic mass is 10.0. The Morgan fingerprint density at radius 1 is 1.00 bits per heavy atom. The summed E-state index contributed by atoms with van der Waals surface area (Å²) in [5.74, 6) is 2.53. The quantitative estimate of drug-likeness (QED) is 0.354. The molecule has 2 aromatic heterocycles. The molecule has 1 aliphatic rings. The van der Waals surface area contributed by atoms with E-state index in [9.17, 15) is 0 Å². The van der Waals surface area contributed by atoms with Gasteiger partial charge in [-0.15, -0.1) is 0 Å². The van der Waals surface area contributed by atoms with Crippen LogP contribution in [0.2, 0.25) is 5.02 Å². The summed E-state index contributed by atoms with van der Waals surface area (Å²) in [5.41, 5.74) is 2.45. The predicted molar refractivity (Wildman–Crippen MR) is 134 cm³/mol. The second kappa shape index (κ2) is 10.7. The van der Waals surface area contributed by atoms with Crippen LogP contribution in [-0.2, 0) is 6.61 Å². The fraction of sp³-hybridized carbons (Fsp3) is 0.269. The molecule has 174 valence electrons. The van der Waals surface area contributed by atoms with Crippen molar-refractivity contribution in [1.82, 2.24) is 20.3 Å². The molecule has 0 aliphatic carbocycles. The molecule has 4 aromatic rings. The summed E-state index contributed by atoms with van der Waals surface area (Å²) >= 11 is 6.50. The van der Waals surface area contributed by atoms with Gasteiger partial charge in [-0.05, 0) is 61.9 Å². The minimum Gasteiger partial charge on any atom is -0.492 e. The van der Waals surface area contributed by atoms with E-state index in [1.165, 1.54) is 12.8 Å². The summed E-state index contributed by atoms with van der Waals surface area (Å²) < 4.78 is 12.1. The molecule has 2 N–H and O–H groups in total. The molecule has 0 radical (unpaired) electrons. The van der Waals surface area contributed by atoms with Gasteiger partial charge in [-0.2, -0.15) is 0 Å². The fourth-order valence-electron chi connectivity index (χ4n) is 4.03. The number of halogens is 1. The van der Waals surface area contributed by atoms with Gasteiger partial charge in [0.25, 0.3) is 0 Å². The van der Waals surface area contributed by atoms with Gasteiger partial charge in [0.15, 0.2) is 0 Å². The van der Waals surface area contributed by atoms with Crippen molar-refractivity contribution in [2.45, 2.75) is 19.4 Å². The number of hydrogen-bond acceptors (Lipinski definition) is 7. The summed E-state index contributed by atoms with van der Waals surface area (Å²) in [7, 11) is 0. The molecule has 0 bridgehead atoms. The first-order chi connectivity index (χ1) is 16.8. The molecular weight excluding hydrogens is 450 g/mol. The van der Waals surface area contributed by atoms with E-state index in [1.54, 1.807) is 12.5 Å². The Bertz CT molecular complexity index is 1240. The average Bonchev–Trinajstić information content (AvgIpc) is 2.88. The lowest BCUT2D eigenvalue weighted by Crippen LogP contribution is -2.33. The lowest BCUT2D eigenvalue weighted by molar-refractivity contribution is 0.220. The molecular formula is C26H26ClN5O2. The van der Waals surface area contributed by atoms with Crippen LogP contribution in [0.1, 0.15) is 18.5 Å². The smallest absolute Gasteiger partial charge is 0.145 e. The number of anilines is 2. The SMILES string of the molecule is Clc1cc(Nc2ncnc3cccc(OC[C@H]4CCCNC4)c23)ccc1OCc1ccccn1. The van der Waals surface area contributed by atoms with Crippen molar-refractivity contribution in [3.8, 4) is 11.5 Å². The maximum Gasteiger partial charge on any atom is 0.145 e. The highest BCUT2D eigenvalue weighted by atomic mass is 35.5. The van der Waals surface area contributed by atoms with E-state index in [0.717, 1.165) is 41.1 Å². The van der Waals surface area contributed by atoms with Crippen LogP contribution in [0.5, 0.6) is 11.5 Å². The standard InChI is InChI=1S/C26H26ClN5O2/c27-21-13-19(9-10-23(21)34-16-20-6-1-2-12-29-20)32-26-25-22(30-17-31-26)7-3-8-24(25)33-15-18-5-4-11-28-14-18/h1-3,6-10,12-13,17-18,28H,4-5,11,14-16H2,(H,30,31,32)/t18-/m0/s1. The van der Waals surface area contributed by atoms with Crippen molar-refractivity contribution in [3.05, 3.63) is 77.8 Å². The fourth-order valence-corrected chi connectivity index (χ4v) is 4.27. The number of pyridine rings is 1. The van der Waals surface area contributed by atoms with Crippen molar-refractivity contribution in [2.75, 3.05) is 25.0 Å². The van der Waals surface area contributed by atoms with Gasteiger partial charge in [0.1, 0.15) is 30.3 Å². The Hall–Kier alpha value is -3.42.